The number of rotatable bonds is 5. The van der Waals surface area contributed by atoms with E-state index in [1.165, 1.54) is 5.39 Å². The van der Waals surface area contributed by atoms with Crippen molar-refractivity contribution in [3.63, 3.8) is 0 Å². The molecule has 4 rings (SSSR count). The van der Waals surface area contributed by atoms with Gasteiger partial charge in [-0.2, -0.15) is 0 Å². The maximum Gasteiger partial charge on any atom is 0.222 e. The Balaban J connectivity index is 2.08. The molecule has 0 bridgehead atoms. The van der Waals surface area contributed by atoms with Gasteiger partial charge in [-0.05, 0) is 23.4 Å². The molecule has 0 amide bonds. The highest BCUT2D eigenvalue weighted by atomic mass is 16.3. The Labute approximate surface area is 159 Å². The molecule has 0 aliphatic rings. The highest BCUT2D eigenvalue weighted by Crippen LogP contribution is 2.36. The first-order valence-corrected chi connectivity index (χ1v) is 9.55. The van der Waals surface area contributed by atoms with E-state index in [1.807, 2.05) is 30.3 Å². The Morgan fingerprint density at radius 1 is 0.704 bits per heavy atom. The van der Waals surface area contributed by atoms with E-state index < -0.39 is 0 Å². The van der Waals surface area contributed by atoms with Gasteiger partial charge in [0.25, 0.3) is 0 Å². The molecule has 1 aromatic heterocycles. The molecule has 0 spiro atoms. The van der Waals surface area contributed by atoms with Crippen LogP contribution in [0.1, 0.15) is 19.8 Å². The van der Waals surface area contributed by atoms with Crippen LogP contribution in [0.5, 0.6) is 0 Å². The molecular weight excluding hydrogens is 330 g/mol. The summed E-state index contributed by atoms with van der Waals surface area (Å²) in [5.41, 5.74) is 4.05. The predicted molar refractivity (Wildman–Crippen MR) is 112 cm³/mol. The van der Waals surface area contributed by atoms with Crippen molar-refractivity contribution in [2.75, 3.05) is 6.54 Å². The van der Waals surface area contributed by atoms with E-state index in [2.05, 4.69) is 61.5 Å². The fourth-order valence-corrected chi connectivity index (χ4v) is 3.35. The van der Waals surface area contributed by atoms with Gasteiger partial charge >= 0.3 is 0 Å². The first-order chi connectivity index (χ1) is 13.4. The minimum absolute atomic E-state index is 0.720. The number of benzene rings is 3. The van der Waals surface area contributed by atoms with Gasteiger partial charge in [0.05, 0.1) is 0 Å². The summed E-state index contributed by atoms with van der Waals surface area (Å²) in [5, 5.41) is 2.23. The van der Waals surface area contributed by atoms with Crippen molar-refractivity contribution in [2.45, 2.75) is 19.8 Å². The Kier molecular flexibility index (Phi) is 5.15. The van der Waals surface area contributed by atoms with Gasteiger partial charge in [-0.15, -0.1) is 0 Å². The van der Waals surface area contributed by atoms with Crippen LogP contribution in [0.25, 0.3) is 33.2 Å². The molecule has 0 aliphatic heterocycles. The van der Waals surface area contributed by atoms with Gasteiger partial charge in [-0.1, -0.05) is 92.2 Å². The van der Waals surface area contributed by atoms with Crippen molar-refractivity contribution in [1.82, 2.24) is 0 Å². The molecule has 2 heteroatoms. The molecule has 3 aromatic carbocycles. The van der Waals surface area contributed by atoms with Crippen LogP contribution >= 0.6 is 0 Å². The van der Waals surface area contributed by atoms with E-state index in [0.29, 0.717) is 0 Å². The number of hydrogen-bond acceptors (Lipinski definition) is 2. The summed E-state index contributed by atoms with van der Waals surface area (Å²) in [4.78, 5) is 4.78. The average molecular weight is 353 g/mol. The lowest BCUT2D eigenvalue weighted by molar-refractivity contribution is 0.511. The standard InChI is InChI=1S/C25H23NO/c1-2-3-18-26-25-22-17-11-10-16-21(22)23(19-12-6-4-7-13-19)24(27-25)20-14-8-5-9-15-20/h4-17H,2-3,18H2,1H3. The number of fused-ring (bicyclic) bond motifs is 1. The monoisotopic (exact) mass is 353 g/mol. The number of unbranched alkanes of at least 4 members (excludes halogenated alkanes) is 1. The lowest BCUT2D eigenvalue weighted by Gasteiger charge is -2.13. The highest BCUT2D eigenvalue weighted by Gasteiger charge is 2.15. The third-order valence-electron chi connectivity index (χ3n) is 4.72. The molecule has 1 heterocycles. The topological polar surface area (TPSA) is 25.5 Å². The van der Waals surface area contributed by atoms with Crippen molar-refractivity contribution >= 4 is 10.8 Å². The largest absolute Gasteiger partial charge is 0.437 e. The summed E-state index contributed by atoms with van der Waals surface area (Å²) >= 11 is 0. The predicted octanol–water partition coefficient (Wildman–Crippen LogP) is 6.47. The van der Waals surface area contributed by atoms with Crippen LogP contribution in [-0.2, 0) is 0 Å². The zero-order valence-corrected chi connectivity index (χ0v) is 15.6. The fourth-order valence-electron chi connectivity index (χ4n) is 3.35. The quantitative estimate of drug-likeness (QED) is 0.378. The van der Waals surface area contributed by atoms with Gasteiger partial charge in [0.1, 0.15) is 5.76 Å². The Morgan fingerprint density at radius 2 is 1.30 bits per heavy atom. The van der Waals surface area contributed by atoms with E-state index in [-0.39, 0.29) is 0 Å². The molecule has 2 nitrogen and oxygen atoms in total. The summed E-state index contributed by atoms with van der Waals surface area (Å²) in [7, 11) is 0. The van der Waals surface area contributed by atoms with Crippen LogP contribution in [0.3, 0.4) is 0 Å². The lowest BCUT2D eigenvalue weighted by Crippen LogP contribution is -2.07. The molecule has 4 aromatic rings. The van der Waals surface area contributed by atoms with Gasteiger partial charge in [-0.25, -0.2) is 0 Å². The van der Waals surface area contributed by atoms with Crippen molar-refractivity contribution in [3.05, 3.63) is 90.5 Å². The highest BCUT2D eigenvalue weighted by molar-refractivity contribution is 6.01. The van der Waals surface area contributed by atoms with E-state index in [4.69, 9.17) is 9.41 Å². The minimum Gasteiger partial charge on any atom is -0.437 e. The summed E-state index contributed by atoms with van der Waals surface area (Å²) < 4.78 is 6.44. The Hall–Kier alpha value is -3.13. The zero-order chi connectivity index (χ0) is 18.5. The SMILES string of the molecule is CCCCN=c1oc(-c2ccccc2)c(-c2ccccc2)c2ccccc12. The summed E-state index contributed by atoms with van der Waals surface area (Å²) in [6, 6.07) is 29.2. The summed E-state index contributed by atoms with van der Waals surface area (Å²) in [6.07, 6.45) is 2.18. The van der Waals surface area contributed by atoms with Gasteiger partial charge in [0.2, 0.25) is 5.55 Å². The van der Waals surface area contributed by atoms with Gasteiger partial charge < -0.3 is 4.42 Å². The second kappa shape index (κ2) is 8.05. The first-order valence-electron chi connectivity index (χ1n) is 9.55. The van der Waals surface area contributed by atoms with Crippen LogP contribution in [0.2, 0.25) is 0 Å². The zero-order valence-electron chi connectivity index (χ0n) is 15.6. The Bertz CT molecular complexity index is 1100. The maximum atomic E-state index is 6.44. The summed E-state index contributed by atoms with van der Waals surface area (Å²) in [5.74, 6) is 0.871. The Morgan fingerprint density at radius 3 is 1.96 bits per heavy atom. The molecular formula is C25H23NO. The molecule has 134 valence electrons. The van der Waals surface area contributed by atoms with Crippen LogP contribution in [0, 0.1) is 0 Å². The molecule has 0 radical (unpaired) electrons. The lowest BCUT2D eigenvalue weighted by atomic mass is 9.95. The third-order valence-corrected chi connectivity index (χ3v) is 4.72. The molecule has 0 saturated carbocycles. The number of hydrogen-bond donors (Lipinski definition) is 0. The summed E-state index contributed by atoms with van der Waals surface area (Å²) in [6.45, 7) is 2.96. The van der Waals surface area contributed by atoms with Crippen molar-refractivity contribution in [1.29, 1.82) is 0 Å². The van der Waals surface area contributed by atoms with Crippen LogP contribution < -0.4 is 5.55 Å². The van der Waals surface area contributed by atoms with Crippen LogP contribution in [-0.4, -0.2) is 6.54 Å². The normalized spacial score (nSPS) is 11.8. The minimum atomic E-state index is 0.720. The fraction of sp³-hybridized carbons (Fsp3) is 0.160. The third kappa shape index (κ3) is 3.56. The van der Waals surface area contributed by atoms with Crippen molar-refractivity contribution in [2.24, 2.45) is 4.99 Å². The van der Waals surface area contributed by atoms with E-state index in [1.54, 1.807) is 0 Å². The smallest absolute Gasteiger partial charge is 0.222 e. The molecule has 0 fully saturated rings. The first kappa shape index (κ1) is 17.3. The van der Waals surface area contributed by atoms with E-state index >= 15 is 0 Å². The van der Waals surface area contributed by atoms with Crippen LogP contribution in [0.4, 0.5) is 0 Å². The van der Waals surface area contributed by atoms with Crippen LogP contribution in [0.15, 0.2) is 94.3 Å². The second-order valence-electron chi connectivity index (χ2n) is 6.62. The molecule has 27 heavy (non-hydrogen) atoms. The van der Waals surface area contributed by atoms with Gasteiger partial charge in [0, 0.05) is 23.1 Å². The number of nitrogens with zero attached hydrogens (tertiary/aromatic N) is 1. The molecule has 0 unspecified atom stereocenters. The molecule has 0 atom stereocenters. The van der Waals surface area contributed by atoms with Gasteiger partial charge in [0.15, 0.2) is 0 Å². The van der Waals surface area contributed by atoms with E-state index in [0.717, 1.165) is 52.8 Å². The second-order valence-corrected chi connectivity index (χ2v) is 6.62. The van der Waals surface area contributed by atoms with Crippen molar-refractivity contribution < 1.29 is 4.42 Å². The van der Waals surface area contributed by atoms with E-state index in [9.17, 15) is 0 Å². The maximum absolute atomic E-state index is 6.44. The van der Waals surface area contributed by atoms with Gasteiger partial charge in [-0.3, -0.25) is 4.99 Å². The average Bonchev–Trinajstić information content (AvgIpc) is 2.75. The molecule has 0 N–H and O–H groups in total. The van der Waals surface area contributed by atoms with Crippen molar-refractivity contribution in [3.8, 4) is 22.5 Å². The molecule has 0 saturated heterocycles. The molecule has 0 aliphatic carbocycles.